The Morgan fingerprint density at radius 2 is 1.38 bits per heavy atom. The highest BCUT2D eigenvalue weighted by Gasteiger charge is 2.12. The van der Waals surface area contributed by atoms with Crippen LogP contribution < -0.4 is 16.2 Å². The first-order chi connectivity index (χ1) is 12.4. The number of carbonyl (C=O) groups is 4. The van der Waals surface area contributed by atoms with E-state index in [1.165, 1.54) is 50.4 Å². The minimum atomic E-state index is -0.584. The van der Waals surface area contributed by atoms with Gasteiger partial charge in [-0.3, -0.25) is 25.2 Å². The molecule has 0 aliphatic rings. The van der Waals surface area contributed by atoms with Crippen LogP contribution in [0.2, 0.25) is 0 Å². The van der Waals surface area contributed by atoms with Crippen molar-refractivity contribution in [3.8, 4) is 0 Å². The first kappa shape index (κ1) is 18.7. The molecule has 134 valence electrons. The molecule has 0 atom stereocenters. The molecule has 0 saturated heterocycles. The van der Waals surface area contributed by atoms with Crippen LogP contribution in [0, 0.1) is 0 Å². The summed E-state index contributed by atoms with van der Waals surface area (Å²) in [5.74, 6) is -1.90. The van der Waals surface area contributed by atoms with Crippen LogP contribution in [-0.2, 0) is 9.53 Å². The maximum Gasteiger partial charge on any atom is 0.337 e. The molecule has 0 spiro atoms. The molecule has 0 bridgehead atoms. The molecule has 0 fully saturated rings. The second-order valence-electron chi connectivity index (χ2n) is 5.24. The lowest BCUT2D eigenvalue weighted by Gasteiger charge is -2.09. The summed E-state index contributed by atoms with van der Waals surface area (Å²) in [6.45, 7) is 1.38. The van der Waals surface area contributed by atoms with E-state index < -0.39 is 17.8 Å². The van der Waals surface area contributed by atoms with Gasteiger partial charge < -0.3 is 10.1 Å². The number of methoxy groups -OCH3 is 1. The number of amides is 3. The number of rotatable bonds is 4. The van der Waals surface area contributed by atoms with Gasteiger partial charge in [-0.05, 0) is 42.5 Å². The van der Waals surface area contributed by atoms with Gasteiger partial charge in [-0.1, -0.05) is 6.07 Å². The Balaban J connectivity index is 1.97. The highest BCUT2D eigenvalue weighted by atomic mass is 16.5. The van der Waals surface area contributed by atoms with Gasteiger partial charge in [0.15, 0.2) is 0 Å². The molecule has 0 aliphatic carbocycles. The predicted octanol–water partition coefficient (Wildman–Crippen LogP) is 1.51. The van der Waals surface area contributed by atoms with Gasteiger partial charge in [0.2, 0.25) is 5.91 Å². The van der Waals surface area contributed by atoms with Crippen LogP contribution in [0.3, 0.4) is 0 Å². The number of esters is 1. The van der Waals surface area contributed by atoms with Crippen molar-refractivity contribution in [1.82, 2.24) is 10.9 Å². The minimum Gasteiger partial charge on any atom is -0.465 e. The number of ether oxygens (including phenoxy) is 1. The largest absolute Gasteiger partial charge is 0.465 e. The number of hydrogen-bond acceptors (Lipinski definition) is 5. The van der Waals surface area contributed by atoms with Crippen molar-refractivity contribution in [2.45, 2.75) is 6.92 Å². The Labute approximate surface area is 149 Å². The van der Waals surface area contributed by atoms with Crippen molar-refractivity contribution in [2.75, 3.05) is 12.4 Å². The average Bonchev–Trinajstić information content (AvgIpc) is 2.65. The molecule has 8 heteroatoms. The van der Waals surface area contributed by atoms with Gasteiger partial charge in [-0.2, -0.15) is 0 Å². The molecule has 0 heterocycles. The zero-order valence-corrected chi connectivity index (χ0v) is 14.2. The lowest BCUT2D eigenvalue weighted by atomic mass is 10.1. The Hall–Kier alpha value is -3.68. The van der Waals surface area contributed by atoms with Crippen LogP contribution in [0.15, 0.2) is 48.5 Å². The zero-order valence-electron chi connectivity index (χ0n) is 14.2. The van der Waals surface area contributed by atoms with Crippen molar-refractivity contribution in [2.24, 2.45) is 0 Å². The van der Waals surface area contributed by atoms with E-state index in [1.807, 2.05) is 0 Å². The average molecular weight is 355 g/mol. The normalized spacial score (nSPS) is 9.77. The van der Waals surface area contributed by atoms with E-state index in [1.54, 1.807) is 12.1 Å². The molecule has 0 saturated carbocycles. The van der Waals surface area contributed by atoms with Gasteiger partial charge in [-0.25, -0.2) is 4.79 Å². The second-order valence-corrected chi connectivity index (χ2v) is 5.24. The third-order valence-corrected chi connectivity index (χ3v) is 3.30. The number of carbonyl (C=O) groups excluding carboxylic acids is 4. The standard InChI is InChI=1S/C18H17N3O5/c1-11(22)19-15-8-6-12(7-9-15)16(23)20-21-17(24)13-4-3-5-14(10-13)18(25)26-2/h3-10H,1-2H3,(H,19,22)(H,20,23)(H,21,24). The Kier molecular flexibility index (Phi) is 6.05. The van der Waals surface area contributed by atoms with Crippen LogP contribution in [-0.4, -0.2) is 30.8 Å². The van der Waals surface area contributed by atoms with Crippen LogP contribution in [0.25, 0.3) is 0 Å². The van der Waals surface area contributed by atoms with Crippen molar-refractivity contribution < 1.29 is 23.9 Å². The third kappa shape index (κ3) is 4.91. The first-order valence-electron chi connectivity index (χ1n) is 7.57. The fourth-order valence-corrected chi connectivity index (χ4v) is 2.07. The third-order valence-electron chi connectivity index (χ3n) is 3.30. The van der Waals surface area contributed by atoms with Crippen LogP contribution in [0.1, 0.15) is 38.0 Å². The number of benzene rings is 2. The molecular weight excluding hydrogens is 338 g/mol. The Bertz CT molecular complexity index is 846. The predicted molar refractivity (Wildman–Crippen MR) is 93.5 cm³/mol. The molecule has 0 unspecified atom stereocenters. The Morgan fingerprint density at radius 1 is 0.808 bits per heavy atom. The van der Waals surface area contributed by atoms with Crippen molar-refractivity contribution in [1.29, 1.82) is 0 Å². The van der Waals surface area contributed by atoms with Gasteiger partial charge >= 0.3 is 5.97 Å². The molecule has 26 heavy (non-hydrogen) atoms. The summed E-state index contributed by atoms with van der Waals surface area (Å²) in [5.41, 5.74) is 5.80. The summed E-state index contributed by atoms with van der Waals surface area (Å²) in [4.78, 5) is 46.6. The second kappa shape index (κ2) is 8.43. The molecule has 3 amide bonds. The highest BCUT2D eigenvalue weighted by molar-refractivity contribution is 6.01. The topological polar surface area (TPSA) is 114 Å². The van der Waals surface area contributed by atoms with Crippen LogP contribution in [0.5, 0.6) is 0 Å². The monoisotopic (exact) mass is 355 g/mol. The number of hydrazine groups is 1. The molecular formula is C18H17N3O5. The zero-order chi connectivity index (χ0) is 19.1. The van der Waals surface area contributed by atoms with Gasteiger partial charge in [0.05, 0.1) is 12.7 Å². The van der Waals surface area contributed by atoms with E-state index in [-0.39, 0.29) is 17.0 Å². The number of hydrogen-bond donors (Lipinski definition) is 3. The molecule has 3 N–H and O–H groups in total. The quantitative estimate of drug-likeness (QED) is 0.568. The van der Waals surface area contributed by atoms with E-state index in [9.17, 15) is 19.2 Å². The van der Waals surface area contributed by atoms with Gasteiger partial charge in [0.25, 0.3) is 11.8 Å². The number of nitrogens with one attached hydrogen (secondary N) is 3. The SMILES string of the molecule is COC(=O)c1cccc(C(=O)NNC(=O)c2ccc(NC(C)=O)cc2)c1. The van der Waals surface area contributed by atoms with Crippen molar-refractivity contribution in [3.63, 3.8) is 0 Å². The molecule has 2 rings (SSSR count). The summed E-state index contributed by atoms with van der Waals surface area (Å²) < 4.78 is 4.59. The van der Waals surface area contributed by atoms with Crippen molar-refractivity contribution in [3.05, 3.63) is 65.2 Å². The summed E-state index contributed by atoms with van der Waals surface area (Å²) in [6, 6.07) is 12.0. The smallest absolute Gasteiger partial charge is 0.337 e. The van der Waals surface area contributed by atoms with E-state index in [2.05, 4.69) is 20.9 Å². The van der Waals surface area contributed by atoms with Crippen molar-refractivity contribution >= 4 is 29.4 Å². The van der Waals surface area contributed by atoms with Gasteiger partial charge in [0, 0.05) is 23.7 Å². The molecule has 0 radical (unpaired) electrons. The maximum absolute atomic E-state index is 12.1. The summed E-state index contributed by atoms with van der Waals surface area (Å²) in [6.07, 6.45) is 0. The lowest BCUT2D eigenvalue weighted by Crippen LogP contribution is -2.41. The molecule has 2 aromatic carbocycles. The summed E-state index contributed by atoms with van der Waals surface area (Å²) in [7, 11) is 1.24. The van der Waals surface area contributed by atoms with Gasteiger partial charge in [-0.15, -0.1) is 0 Å². The molecule has 2 aromatic rings. The first-order valence-corrected chi connectivity index (χ1v) is 7.57. The number of anilines is 1. The van der Waals surface area contributed by atoms with Crippen LogP contribution in [0.4, 0.5) is 5.69 Å². The molecule has 8 nitrogen and oxygen atoms in total. The van der Waals surface area contributed by atoms with E-state index >= 15 is 0 Å². The van der Waals surface area contributed by atoms with Crippen LogP contribution >= 0.6 is 0 Å². The summed E-state index contributed by atoms with van der Waals surface area (Å²) in [5, 5.41) is 2.58. The minimum absolute atomic E-state index is 0.189. The lowest BCUT2D eigenvalue weighted by molar-refractivity contribution is -0.114. The summed E-state index contributed by atoms with van der Waals surface area (Å²) >= 11 is 0. The molecule has 0 aromatic heterocycles. The van der Waals surface area contributed by atoms with E-state index in [4.69, 9.17) is 0 Å². The highest BCUT2D eigenvalue weighted by Crippen LogP contribution is 2.09. The van der Waals surface area contributed by atoms with E-state index in [0.29, 0.717) is 11.3 Å². The fraction of sp³-hybridized carbons (Fsp3) is 0.111. The Morgan fingerprint density at radius 3 is 1.96 bits per heavy atom. The fourth-order valence-electron chi connectivity index (χ4n) is 2.07. The van der Waals surface area contributed by atoms with E-state index in [0.717, 1.165) is 0 Å². The van der Waals surface area contributed by atoms with Gasteiger partial charge in [0.1, 0.15) is 0 Å². The molecule has 0 aliphatic heterocycles. The maximum atomic E-state index is 12.1.